The first kappa shape index (κ1) is 17.1. The number of aryl methyl sites for hydroxylation is 1. The van der Waals surface area contributed by atoms with E-state index in [0.29, 0.717) is 16.5 Å². The summed E-state index contributed by atoms with van der Waals surface area (Å²) in [7, 11) is 0. The van der Waals surface area contributed by atoms with Gasteiger partial charge in [0.2, 0.25) is 5.13 Å². The Bertz CT molecular complexity index is 1050. The van der Waals surface area contributed by atoms with E-state index in [4.69, 9.17) is 0 Å². The number of nitrogens with zero attached hydrogens (tertiary/aromatic N) is 3. The Morgan fingerprint density at radius 3 is 2.73 bits per heavy atom. The van der Waals surface area contributed by atoms with Crippen LogP contribution in [0.1, 0.15) is 16.1 Å². The van der Waals surface area contributed by atoms with E-state index in [0.717, 1.165) is 20.7 Å². The van der Waals surface area contributed by atoms with Gasteiger partial charge < -0.3 is 5.32 Å². The second-order valence-corrected chi connectivity index (χ2v) is 8.24. The van der Waals surface area contributed by atoms with E-state index < -0.39 is 0 Å². The molecule has 26 heavy (non-hydrogen) atoms. The van der Waals surface area contributed by atoms with Gasteiger partial charge in [-0.2, -0.15) is 9.78 Å². The van der Waals surface area contributed by atoms with E-state index >= 15 is 0 Å². The molecule has 0 spiro atoms. The SMILES string of the molecule is Cc1cc(NC(=O)c2ccc(Br)cc2)n(-c2nc(-c3cccs3)cs2)n1. The molecule has 1 N–H and O–H groups in total. The van der Waals surface area contributed by atoms with Gasteiger partial charge in [-0.1, -0.05) is 22.0 Å². The molecule has 0 aliphatic heterocycles. The van der Waals surface area contributed by atoms with E-state index in [1.165, 1.54) is 11.3 Å². The molecule has 1 amide bonds. The molecule has 0 saturated carbocycles. The second kappa shape index (κ2) is 7.14. The van der Waals surface area contributed by atoms with Gasteiger partial charge >= 0.3 is 0 Å². The number of thiazole rings is 1. The average Bonchev–Trinajstić information content (AvgIpc) is 3.35. The van der Waals surface area contributed by atoms with Crippen LogP contribution in [0.4, 0.5) is 5.82 Å². The second-order valence-electron chi connectivity index (χ2n) is 5.54. The molecule has 0 unspecified atom stereocenters. The van der Waals surface area contributed by atoms with E-state index in [9.17, 15) is 4.79 Å². The highest BCUT2D eigenvalue weighted by atomic mass is 79.9. The van der Waals surface area contributed by atoms with Crippen LogP contribution in [0.5, 0.6) is 0 Å². The third kappa shape index (κ3) is 3.48. The molecule has 8 heteroatoms. The maximum Gasteiger partial charge on any atom is 0.256 e. The number of nitrogens with one attached hydrogen (secondary N) is 1. The zero-order valence-corrected chi connectivity index (χ0v) is 16.9. The molecule has 0 radical (unpaired) electrons. The molecule has 0 saturated heterocycles. The summed E-state index contributed by atoms with van der Waals surface area (Å²) >= 11 is 6.51. The van der Waals surface area contributed by atoms with Gasteiger partial charge in [-0.15, -0.1) is 22.7 Å². The van der Waals surface area contributed by atoms with E-state index in [1.807, 2.05) is 48.0 Å². The van der Waals surface area contributed by atoms with Crippen molar-refractivity contribution < 1.29 is 4.79 Å². The van der Waals surface area contributed by atoms with Crippen molar-refractivity contribution in [1.29, 1.82) is 0 Å². The molecule has 0 aliphatic carbocycles. The van der Waals surface area contributed by atoms with Gasteiger partial charge in [0.25, 0.3) is 5.91 Å². The monoisotopic (exact) mass is 444 g/mol. The van der Waals surface area contributed by atoms with Gasteiger partial charge in [0.05, 0.1) is 16.3 Å². The summed E-state index contributed by atoms with van der Waals surface area (Å²) in [5, 5.41) is 12.1. The Morgan fingerprint density at radius 2 is 2.00 bits per heavy atom. The lowest BCUT2D eigenvalue weighted by Gasteiger charge is -2.06. The van der Waals surface area contributed by atoms with Gasteiger partial charge in [0.1, 0.15) is 5.82 Å². The number of carbonyl (C=O) groups is 1. The molecule has 0 bridgehead atoms. The summed E-state index contributed by atoms with van der Waals surface area (Å²) in [5.74, 6) is 0.413. The van der Waals surface area contributed by atoms with E-state index in [-0.39, 0.29) is 5.91 Å². The van der Waals surface area contributed by atoms with Crippen molar-refractivity contribution in [3.63, 3.8) is 0 Å². The van der Waals surface area contributed by atoms with E-state index in [2.05, 4.69) is 31.3 Å². The van der Waals surface area contributed by atoms with Crippen LogP contribution < -0.4 is 5.32 Å². The summed E-state index contributed by atoms with van der Waals surface area (Å²) in [5.41, 5.74) is 2.30. The Labute approximate surface area is 166 Å². The lowest BCUT2D eigenvalue weighted by atomic mass is 10.2. The average molecular weight is 445 g/mol. The molecule has 3 aromatic heterocycles. The molecule has 0 fully saturated rings. The maximum atomic E-state index is 12.5. The number of amides is 1. The van der Waals surface area contributed by atoms with Crippen molar-refractivity contribution in [2.24, 2.45) is 0 Å². The third-order valence-electron chi connectivity index (χ3n) is 3.63. The Hall–Kier alpha value is -2.29. The van der Waals surface area contributed by atoms with Crippen molar-refractivity contribution in [2.75, 3.05) is 5.32 Å². The number of carbonyl (C=O) groups excluding carboxylic acids is 1. The van der Waals surface area contributed by atoms with Crippen molar-refractivity contribution in [3.8, 4) is 15.7 Å². The molecule has 1 aromatic carbocycles. The van der Waals surface area contributed by atoms with Crippen LogP contribution in [-0.2, 0) is 0 Å². The molecular formula is C18H13BrN4OS2. The maximum absolute atomic E-state index is 12.5. The Kier molecular flexibility index (Phi) is 4.71. The minimum absolute atomic E-state index is 0.186. The fraction of sp³-hybridized carbons (Fsp3) is 0.0556. The van der Waals surface area contributed by atoms with Gasteiger partial charge in [-0.3, -0.25) is 4.79 Å². The minimum Gasteiger partial charge on any atom is -0.306 e. The summed E-state index contributed by atoms with van der Waals surface area (Å²) < 4.78 is 2.60. The zero-order valence-electron chi connectivity index (χ0n) is 13.6. The molecule has 130 valence electrons. The van der Waals surface area contributed by atoms with Crippen LogP contribution in [0.3, 0.4) is 0 Å². The number of hydrogen-bond acceptors (Lipinski definition) is 5. The largest absolute Gasteiger partial charge is 0.306 e. The highest BCUT2D eigenvalue weighted by molar-refractivity contribution is 9.10. The molecule has 5 nitrogen and oxygen atoms in total. The van der Waals surface area contributed by atoms with Crippen LogP contribution in [0.15, 0.2) is 57.7 Å². The molecule has 0 aliphatic rings. The topological polar surface area (TPSA) is 59.8 Å². The number of benzene rings is 1. The first-order chi connectivity index (χ1) is 12.6. The van der Waals surface area contributed by atoms with Crippen molar-refractivity contribution in [3.05, 3.63) is 69.0 Å². The summed E-state index contributed by atoms with van der Waals surface area (Å²) in [6.45, 7) is 1.89. The van der Waals surface area contributed by atoms with Crippen LogP contribution in [0, 0.1) is 6.92 Å². The van der Waals surface area contributed by atoms with E-state index in [1.54, 1.807) is 28.2 Å². The molecule has 0 atom stereocenters. The van der Waals surface area contributed by atoms with Crippen molar-refractivity contribution in [1.82, 2.24) is 14.8 Å². The third-order valence-corrected chi connectivity index (χ3v) is 5.86. The first-order valence-electron chi connectivity index (χ1n) is 7.73. The fourth-order valence-electron chi connectivity index (χ4n) is 2.42. The van der Waals surface area contributed by atoms with Gasteiger partial charge in [0.15, 0.2) is 0 Å². The molecule has 4 rings (SSSR count). The predicted octanol–water partition coefficient (Wildman–Crippen LogP) is 5.38. The van der Waals surface area contributed by atoms with Crippen molar-refractivity contribution >= 4 is 50.3 Å². The van der Waals surface area contributed by atoms with Gasteiger partial charge in [-0.25, -0.2) is 4.98 Å². The van der Waals surface area contributed by atoms with Crippen LogP contribution in [0.25, 0.3) is 15.7 Å². The smallest absolute Gasteiger partial charge is 0.256 e. The Morgan fingerprint density at radius 1 is 1.19 bits per heavy atom. The minimum atomic E-state index is -0.186. The quantitative estimate of drug-likeness (QED) is 0.459. The highest BCUT2D eigenvalue weighted by Gasteiger charge is 2.15. The summed E-state index contributed by atoms with van der Waals surface area (Å²) in [6.07, 6.45) is 0. The first-order valence-corrected chi connectivity index (χ1v) is 10.3. The zero-order chi connectivity index (χ0) is 18.1. The number of rotatable bonds is 4. The summed E-state index contributed by atoms with van der Waals surface area (Å²) in [4.78, 5) is 18.3. The number of hydrogen-bond donors (Lipinski definition) is 1. The number of anilines is 1. The predicted molar refractivity (Wildman–Crippen MR) is 109 cm³/mol. The fourth-order valence-corrected chi connectivity index (χ4v) is 4.24. The molecule has 4 aromatic rings. The number of aromatic nitrogens is 3. The Balaban J connectivity index is 1.63. The molecule has 3 heterocycles. The lowest BCUT2D eigenvalue weighted by Crippen LogP contribution is -2.15. The standard InChI is InChI=1S/C18H13BrN4OS2/c1-11-9-16(21-17(24)12-4-6-13(19)7-5-12)23(22-11)18-20-14(10-26-18)15-3-2-8-25-15/h2-10H,1H3,(H,21,24). The van der Waals surface area contributed by atoms with Crippen LogP contribution in [0.2, 0.25) is 0 Å². The normalized spacial score (nSPS) is 10.8. The summed E-state index contributed by atoms with van der Waals surface area (Å²) in [6, 6.07) is 13.1. The van der Waals surface area contributed by atoms with Gasteiger partial charge in [0, 0.05) is 21.5 Å². The number of thiophene rings is 1. The molecular weight excluding hydrogens is 432 g/mol. The van der Waals surface area contributed by atoms with Crippen LogP contribution in [-0.4, -0.2) is 20.7 Å². The van der Waals surface area contributed by atoms with Gasteiger partial charge in [-0.05, 0) is 42.6 Å². The lowest BCUT2D eigenvalue weighted by molar-refractivity contribution is 0.102. The van der Waals surface area contributed by atoms with Crippen molar-refractivity contribution in [2.45, 2.75) is 6.92 Å². The van der Waals surface area contributed by atoms with Crippen LogP contribution >= 0.6 is 38.6 Å². The number of halogens is 1. The highest BCUT2D eigenvalue weighted by Crippen LogP contribution is 2.29.